The molecule has 2 rings (SSSR count). The third-order valence-electron chi connectivity index (χ3n) is 4.37. The zero-order chi connectivity index (χ0) is 13.7. The van der Waals surface area contributed by atoms with E-state index in [1.165, 1.54) is 17.5 Å². The second-order valence-electron chi connectivity index (χ2n) is 5.87. The monoisotopic (exact) mass is 262 g/mol. The van der Waals surface area contributed by atoms with Crippen LogP contribution in [0.4, 0.5) is 0 Å². The van der Waals surface area contributed by atoms with Gasteiger partial charge in [0.25, 0.3) is 0 Å². The molecule has 0 amide bonds. The molecule has 1 aromatic rings. The average molecular weight is 262 g/mol. The predicted octanol–water partition coefficient (Wildman–Crippen LogP) is 1.80. The second-order valence-corrected chi connectivity index (χ2v) is 5.87. The van der Waals surface area contributed by atoms with Crippen molar-refractivity contribution in [2.75, 3.05) is 26.7 Å². The first-order valence-electron chi connectivity index (χ1n) is 7.26. The maximum Gasteiger partial charge on any atom is 0.0610 e. The molecule has 0 fully saturated rings. The zero-order valence-electron chi connectivity index (χ0n) is 12.2. The highest BCUT2D eigenvalue weighted by molar-refractivity contribution is 5.28. The maximum absolute atomic E-state index is 9.38. The van der Waals surface area contributed by atoms with Gasteiger partial charge in [0.2, 0.25) is 0 Å². The third-order valence-corrected chi connectivity index (χ3v) is 4.37. The molecule has 19 heavy (non-hydrogen) atoms. The van der Waals surface area contributed by atoms with Crippen LogP contribution in [0.5, 0.6) is 0 Å². The molecule has 1 unspecified atom stereocenters. The number of hydrogen-bond acceptors (Lipinski definition) is 3. The van der Waals surface area contributed by atoms with E-state index < -0.39 is 0 Å². The fourth-order valence-corrected chi connectivity index (χ4v) is 2.72. The van der Waals surface area contributed by atoms with Gasteiger partial charge in [-0.15, -0.1) is 0 Å². The van der Waals surface area contributed by atoms with E-state index in [-0.39, 0.29) is 12.1 Å². The number of likely N-dealkylation sites (N-methyl/N-ethyl adjacent to an activating group) is 1. The molecule has 0 aromatic heterocycles. The van der Waals surface area contributed by atoms with Gasteiger partial charge in [0, 0.05) is 18.6 Å². The minimum atomic E-state index is -0.131. The van der Waals surface area contributed by atoms with Crippen molar-refractivity contribution in [3.8, 4) is 0 Å². The number of aliphatic hydroxyl groups excluding tert-OH is 1. The number of hydrogen-bond donors (Lipinski definition) is 2. The first-order chi connectivity index (χ1) is 9.17. The summed E-state index contributed by atoms with van der Waals surface area (Å²) < 4.78 is 0. The van der Waals surface area contributed by atoms with E-state index in [4.69, 9.17) is 0 Å². The first kappa shape index (κ1) is 14.5. The van der Waals surface area contributed by atoms with Crippen molar-refractivity contribution in [1.82, 2.24) is 10.2 Å². The molecule has 2 N–H and O–H groups in total. The smallest absolute Gasteiger partial charge is 0.0610 e. The Kier molecular flexibility index (Phi) is 4.97. The molecule has 0 radical (unpaired) electrons. The molecule has 0 saturated carbocycles. The highest BCUT2D eigenvalue weighted by atomic mass is 16.3. The predicted molar refractivity (Wildman–Crippen MR) is 79.2 cm³/mol. The highest BCUT2D eigenvalue weighted by Gasteiger charge is 2.21. The first-order valence-corrected chi connectivity index (χ1v) is 7.26. The number of fused-ring (bicyclic) bond motifs is 1. The molecule has 106 valence electrons. The summed E-state index contributed by atoms with van der Waals surface area (Å²) in [5, 5.41) is 12.6. The van der Waals surface area contributed by atoms with Gasteiger partial charge in [-0.1, -0.05) is 24.3 Å². The van der Waals surface area contributed by atoms with Crippen LogP contribution in [0.15, 0.2) is 24.3 Å². The van der Waals surface area contributed by atoms with Crippen molar-refractivity contribution in [3.63, 3.8) is 0 Å². The molecular formula is C16H26N2O. The SMILES string of the molecule is CNC(C)(CO)CCCN1CCc2ccccc2C1. The summed E-state index contributed by atoms with van der Waals surface area (Å²) in [7, 11) is 1.92. The van der Waals surface area contributed by atoms with Gasteiger partial charge in [-0.05, 0) is 50.9 Å². The summed E-state index contributed by atoms with van der Waals surface area (Å²) in [5.74, 6) is 0. The normalized spacial score (nSPS) is 18.9. The van der Waals surface area contributed by atoms with Crippen molar-refractivity contribution in [3.05, 3.63) is 35.4 Å². The molecule has 0 aliphatic carbocycles. The third kappa shape index (κ3) is 3.78. The number of benzene rings is 1. The van der Waals surface area contributed by atoms with Crippen LogP contribution in [0.2, 0.25) is 0 Å². The van der Waals surface area contributed by atoms with E-state index >= 15 is 0 Å². The summed E-state index contributed by atoms with van der Waals surface area (Å²) in [5.41, 5.74) is 2.86. The second kappa shape index (κ2) is 6.51. The van der Waals surface area contributed by atoms with Gasteiger partial charge in [0.1, 0.15) is 0 Å². The summed E-state index contributed by atoms with van der Waals surface area (Å²) in [6.45, 7) is 5.63. The van der Waals surface area contributed by atoms with Crippen LogP contribution >= 0.6 is 0 Å². The zero-order valence-corrected chi connectivity index (χ0v) is 12.2. The molecule has 1 atom stereocenters. The van der Waals surface area contributed by atoms with Crippen molar-refractivity contribution >= 4 is 0 Å². The lowest BCUT2D eigenvalue weighted by Crippen LogP contribution is -2.44. The Hall–Kier alpha value is -0.900. The van der Waals surface area contributed by atoms with Crippen LogP contribution in [0.1, 0.15) is 30.9 Å². The Morgan fingerprint density at radius 2 is 2.05 bits per heavy atom. The van der Waals surface area contributed by atoms with Crippen molar-refractivity contribution in [2.24, 2.45) is 0 Å². The molecule has 1 aliphatic rings. The van der Waals surface area contributed by atoms with Gasteiger partial charge in [0.05, 0.1) is 6.61 Å². The molecule has 0 spiro atoms. The molecule has 1 aliphatic heterocycles. The van der Waals surface area contributed by atoms with Gasteiger partial charge in [0.15, 0.2) is 0 Å². The molecule has 0 bridgehead atoms. The summed E-state index contributed by atoms with van der Waals surface area (Å²) in [6, 6.07) is 8.75. The highest BCUT2D eigenvalue weighted by Crippen LogP contribution is 2.19. The largest absolute Gasteiger partial charge is 0.394 e. The van der Waals surface area contributed by atoms with Crippen LogP contribution in [-0.2, 0) is 13.0 Å². The Bertz CT molecular complexity index is 401. The molecular weight excluding hydrogens is 236 g/mol. The lowest BCUT2D eigenvalue weighted by atomic mass is 9.96. The average Bonchev–Trinajstić information content (AvgIpc) is 2.47. The Morgan fingerprint density at radius 3 is 2.74 bits per heavy atom. The molecule has 0 saturated heterocycles. The Labute approximate surface area is 116 Å². The summed E-state index contributed by atoms with van der Waals surface area (Å²) in [6.07, 6.45) is 3.30. The van der Waals surface area contributed by atoms with Gasteiger partial charge in [-0.3, -0.25) is 4.90 Å². The van der Waals surface area contributed by atoms with E-state index in [1.54, 1.807) is 0 Å². The van der Waals surface area contributed by atoms with Crippen LogP contribution in [0, 0.1) is 0 Å². The lowest BCUT2D eigenvalue weighted by Gasteiger charge is -2.31. The van der Waals surface area contributed by atoms with E-state index in [1.807, 2.05) is 7.05 Å². The Balaban J connectivity index is 1.80. The standard InChI is InChI=1S/C16H26N2O/c1-16(13-19,17-2)9-5-10-18-11-8-14-6-3-4-7-15(14)12-18/h3-4,6-7,17,19H,5,8-13H2,1-2H3. The van der Waals surface area contributed by atoms with Gasteiger partial charge in [-0.2, -0.15) is 0 Å². The quantitative estimate of drug-likeness (QED) is 0.820. The summed E-state index contributed by atoms with van der Waals surface area (Å²) >= 11 is 0. The van der Waals surface area contributed by atoms with Crippen molar-refractivity contribution in [1.29, 1.82) is 0 Å². The molecule has 1 aromatic carbocycles. The molecule has 3 nitrogen and oxygen atoms in total. The number of nitrogens with zero attached hydrogens (tertiary/aromatic N) is 1. The van der Waals surface area contributed by atoms with Crippen LogP contribution in [0.3, 0.4) is 0 Å². The minimum Gasteiger partial charge on any atom is -0.394 e. The van der Waals surface area contributed by atoms with E-state index in [9.17, 15) is 5.11 Å². The topological polar surface area (TPSA) is 35.5 Å². The number of aliphatic hydroxyl groups is 1. The fourth-order valence-electron chi connectivity index (χ4n) is 2.72. The van der Waals surface area contributed by atoms with Crippen LogP contribution < -0.4 is 5.32 Å². The van der Waals surface area contributed by atoms with Crippen LogP contribution in [-0.4, -0.2) is 42.3 Å². The van der Waals surface area contributed by atoms with Gasteiger partial charge < -0.3 is 10.4 Å². The maximum atomic E-state index is 9.38. The molecule has 3 heteroatoms. The van der Waals surface area contributed by atoms with E-state index in [2.05, 4.69) is 41.4 Å². The van der Waals surface area contributed by atoms with E-state index in [0.717, 1.165) is 32.5 Å². The summed E-state index contributed by atoms with van der Waals surface area (Å²) in [4.78, 5) is 2.52. The van der Waals surface area contributed by atoms with Gasteiger partial charge >= 0.3 is 0 Å². The fraction of sp³-hybridized carbons (Fsp3) is 0.625. The minimum absolute atomic E-state index is 0.131. The number of rotatable bonds is 6. The van der Waals surface area contributed by atoms with Crippen LogP contribution in [0.25, 0.3) is 0 Å². The van der Waals surface area contributed by atoms with Crippen molar-refractivity contribution < 1.29 is 5.11 Å². The van der Waals surface area contributed by atoms with E-state index in [0.29, 0.717) is 0 Å². The Morgan fingerprint density at radius 1 is 1.32 bits per heavy atom. The molecule has 1 heterocycles. The van der Waals surface area contributed by atoms with Crippen molar-refractivity contribution in [2.45, 2.75) is 38.3 Å². The lowest BCUT2D eigenvalue weighted by molar-refractivity contribution is 0.161. The van der Waals surface area contributed by atoms with Gasteiger partial charge in [-0.25, -0.2) is 0 Å². The number of nitrogens with one attached hydrogen (secondary N) is 1.